The molecule has 4 N–H and O–H groups in total. The average Bonchev–Trinajstić information content (AvgIpc) is 2.56. The maximum atomic E-state index is 12.0. The molecular weight excluding hydrogens is 374 g/mol. The third kappa shape index (κ3) is 3.43. The molecule has 0 aliphatic carbocycles. The van der Waals surface area contributed by atoms with E-state index in [0.29, 0.717) is 5.56 Å². The number of nitrogens with zero attached hydrogens (tertiary/aromatic N) is 1. The molecule has 0 aromatic carbocycles. The minimum Gasteiger partial charge on any atom is -0.409 e. The molecule has 0 aliphatic rings. The van der Waals surface area contributed by atoms with Crippen molar-refractivity contribution in [3.05, 3.63) is 19.2 Å². The molecule has 1 heterocycles. The molecule has 8 heteroatoms. The van der Waals surface area contributed by atoms with Crippen molar-refractivity contribution in [1.29, 1.82) is 0 Å². The third-order valence-electron chi connectivity index (χ3n) is 2.08. The SMILES string of the molecule is CC(C)(NC(=O)c1cc(Br)sc1Br)/C(N)=N/O. The first kappa shape index (κ1) is 14.5. The van der Waals surface area contributed by atoms with Gasteiger partial charge in [0.25, 0.3) is 5.91 Å². The Balaban J connectivity index is 2.90. The molecule has 0 saturated heterocycles. The molecule has 94 valence electrons. The lowest BCUT2D eigenvalue weighted by atomic mass is 10.0. The molecule has 0 bridgehead atoms. The van der Waals surface area contributed by atoms with Gasteiger partial charge in [0.1, 0.15) is 0 Å². The van der Waals surface area contributed by atoms with Gasteiger partial charge in [0.15, 0.2) is 5.84 Å². The van der Waals surface area contributed by atoms with Gasteiger partial charge in [0.2, 0.25) is 0 Å². The third-order valence-corrected chi connectivity index (χ3v) is 4.41. The summed E-state index contributed by atoms with van der Waals surface area (Å²) in [4.78, 5) is 12.0. The van der Waals surface area contributed by atoms with Crippen LogP contribution in [0, 0.1) is 0 Å². The highest BCUT2D eigenvalue weighted by Crippen LogP contribution is 2.31. The Morgan fingerprint density at radius 2 is 2.18 bits per heavy atom. The Bertz CT molecular complexity index is 471. The second kappa shape index (κ2) is 5.36. The minimum absolute atomic E-state index is 0.0590. The highest BCUT2D eigenvalue weighted by molar-refractivity contribution is 9.12. The zero-order chi connectivity index (χ0) is 13.2. The van der Waals surface area contributed by atoms with Crippen LogP contribution in [-0.4, -0.2) is 22.5 Å². The summed E-state index contributed by atoms with van der Waals surface area (Å²) < 4.78 is 1.56. The molecule has 0 radical (unpaired) electrons. The monoisotopic (exact) mass is 383 g/mol. The highest BCUT2D eigenvalue weighted by atomic mass is 79.9. The van der Waals surface area contributed by atoms with Crippen molar-refractivity contribution in [2.75, 3.05) is 0 Å². The van der Waals surface area contributed by atoms with Crippen molar-refractivity contribution < 1.29 is 10.0 Å². The van der Waals surface area contributed by atoms with Gasteiger partial charge in [-0.2, -0.15) is 0 Å². The maximum Gasteiger partial charge on any atom is 0.254 e. The van der Waals surface area contributed by atoms with Crippen LogP contribution in [0.25, 0.3) is 0 Å². The number of amides is 1. The van der Waals surface area contributed by atoms with Crippen molar-refractivity contribution in [3.63, 3.8) is 0 Å². The molecule has 1 rings (SSSR count). The van der Waals surface area contributed by atoms with E-state index in [4.69, 9.17) is 10.9 Å². The fourth-order valence-electron chi connectivity index (χ4n) is 1.04. The van der Waals surface area contributed by atoms with Crippen molar-refractivity contribution in [2.45, 2.75) is 19.4 Å². The number of nitrogens with two attached hydrogens (primary N) is 1. The molecule has 1 aromatic rings. The van der Waals surface area contributed by atoms with Gasteiger partial charge in [0, 0.05) is 0 Å². The summed E-state index contributed by atoms with van der Waals surface area (Å²) in [5.41, 5.74) is 5.07. The van der Waals surface area contributed by atoms with E-state index in [9.17, 15) is 4.79 Å². The zero-order valence-corrected chi connectivity index (χ0v) is 13.1. The van der Waals surface area contributed by atoms with Gasteiger partial charge in [0.05, 0.1) is 18.7 Å². The molecule has 0 aliphatic heterocycles. The Kier molecular flexibility index (Phi) is 4.56. The summed E-state index contributed by atoms with van der Waals surface area (Å²) >= 11 is 7.99. The van der Waals surface area contributed by atoms with Crippen molar-refractivity contribution in [2.24, 2.45) is 10.9 Å². The van der Waals surface area contributed by atoms with E-state index in [0.717, 1.165) is 7.57 Å². The Morgan fingerprint density at radius 1 is 1.59 bits per heavy atom. The second-order valence-corrected chi connectivity index (χ2v) is 7.55. The normalized spacial score (nSPS) is 12.6. The molecule has 0 spiro atoms. The lowest BCUT2D eigenvalue weighted by Gasteiger charge is -2.24. The molecule has 0 fully saturated rings. The van der Waals surface area contributed by atoms with Crippen molar-refractivity contribution in [1.82, 2.24) is 5.32 Å². The van der Waals surface area contributed by atoms with E-state index in [1.54, 1.807) is 19.9 Å². The van der Waals surface area contributed by atoms with E-state index in [-0.39, 0.29) is 11.7 Å². The van der Waals surface area contributed by atoms with Gasteiger partial charge >= 0.3 is 0 Å². The number of thiophene rings is 1. The van der Waals surface area contributed by atoms with E-state index in [1.165, 1.54) is 11.3 Å². The van der Waals surface area contributed by atoms with Crippen LogP contribution in [0.3, 0.4) is 0 Å². The largest absolute Gasteiger partial charge is 0.409 e. The van der Waals surface area contributed by atoms with Crippen LogP contribution in [0.5, 0.6) is 0 Å². The van der Waals surface area contributed by atoms with Crippen LogP contribution in [0.2, 0.25) is 0 Å². The van der Waals surface area contributed by atoms with Crippen LogP contribution in [-0.2, 0) is 0 Å². The number of rotatable bonds is 3. The summed E-state index contributed by atoms with van der Waals surface area (Å²) in [6.07, 6.45) is 0. The quantitative estimate of drug-likeness (QED) is 0.324. The van der Waals surface area contributed by atoms with Crippen LogP contribution in [0.4, 0.5) is 0 Å². The molecule has 1 aromatic heterocycles. The molecule has 17 heavy (non-hydrogen) atoms. The van der Waals surface area contributed by atoms with Crippen LogP contribution in [0.15, 0.2) is 18.8 Å². The summed E-state index contributed by atoms with van der Waals surface area (Å²) in [7, 11) is 0. The van der Waals surface area contributed by atoms with Crippen LogP contribution < -0.4 is 11.1 Å². The minimum atomic E-state index is -0.917. The van der Waals surface area contributed by atoms with Crippen molar-refractivity contribution in [3.8, 4) is 0 Å². The number of oxime groups is 1. The van der Waals surface area contributed by atoms with Gasteiger partial charge < -0.3 is 16.3 Å². The Labute approximate surface area is 119 Å². The van der Waals surface area contributed by atoms with Gasteiger partial charge in [-0.15, -0.1) is 11.3 Å². The Hall–Kier alpha value is -0.600. The molecule has 0 saturated carbocycles. The lowest BCUT2D eigenvalue weighted by Crippen LogP contribution is -2.53. The second-order valence-electron chi connectivity index (χ2n) is 3.80. The van der Waals surface area contributed by atoms with E-state index in [2.05, 4.69) is 42.3 Å². The van der Waals surface area contributed by atoms with Crippen molar-refractivity contribution >= 4 is 54.9 Å². The van der Waals surface area contributed by atoms with E-state index in [1.807, 2.05) is 0 Å². The summed E-state index contributed by atoms with van der Waals surface area (Å²) in [5.74, 6) is -0.355. The smallest absolute Gasteiger partial charge is 0.254 e. The maximum absolute atomic E-state index is 12.0. The number of amidine groups is 1. The number of nitrogens with one attached hydrogen (secondary N) is 1. The number of carbonyl (C=O) groups excluding carboxylic acids is 1. The zero-order valence-electron chi connectivity index (χ0n) is 9.12. The van der Waals surface area contributed by atoms with E-state index >= 15 is 0 Å². The van der Waals surface area contributed by atoms with Gasteiger partial charge in [-0.3, -0.25) is 4.79 Å². The summed E-state index contributed by atoms with van der Waals surface area (Å²) in [6, 6.07) is 1.70. The number of carbonyl (C=O) groups is 1. The molecule has 1 amide bonds. The van der Waals surface area contributed by atoms with Gasteiger partial charge in [-0.25, -0.2) is 0 Å². The van der Waals surface area contributed by atoms with Crippen LogP contribution >= 0.6 is 43.2 Å². The molecular formula is C9H11Br2N3O2S. The summed E-state index contributed by atoms with van der Waals surface area (Å²) in [5, 5.41) is 14.2. The standard InChI is InChI=1S/C9H11Br2N3O2S/c1-9(2,8(12)14-16)13-7(15)4-3-5(10)17-6(4)11/h3,16H,1-2H3,(H2,12,14)(H,13,15). The average molecular weight is 385 g/mol. The molecule has 0 unspecified atom stereocenters. The number of hydrogen-bond donors (Lipinski definition) is 3. The topological polar surface area (TPSA) is 87.7 Å². The lowest BCUT2D eigenvalue weighted by molar-refractivity contribution is 0.0930. The fourth-order valence-corrected chi connectivity index (χ4v) is 3.83. The molecule has 5 nitrogen and oxygen atoms in total. The molecule has 0 atom stereocenters. The predicted molar refractivity (Wildman–Crippen MR) is 74.7 cm³/mol. The fraction of sp³-hybridized carbons (Fsp3) is 0.333. The first-order valence-corrected chi connectivity index (χ1v) is 6.93. The van der Waals surface area contributed by atoms with Gasteiger partial charge in [-0.05, 0) is 51.8 Å². The highest BCUT2D eigenvalue weighted by Gasteiger charge is 2.27. The Morgan fingerprint density at radius 3 is 2.59 bits per heavy atom. The van der Waals surface area contributed by atoms with Crippen LogP contribution in [0.1, 0.15) is 24.2 Å². The number of hydrogen-bond acceptors (Lipinski definition) is 4. The predicted octanol–water partition coefficient (Wildman–Crippen LogP) is 2.53. The summed E-state index contributed by atoms with van der Waals surface area (Å²) in [6.45, 7) is 3.30. The first-order chi connectivity index (χ1) is 7.77. The van der Waals surface area contributed by atoms with Gasteiger partial charge in [-0.1, -0.05) is 5.16 Å². The number of halogens is 2. The van der Waals surface area contributed by atoms with E-state index < -0.39 is 5.54 Å². The first-order valence-electron chi connectivity index (χ1n) is 4.53.